The predicted molar refractivity (Wildman–Crippen MR) is 57.1 cm³/mol. The first-order valence-electron chi connectivity index (χ1n) is 5.19. The van der Waals surface area contributed by atoms with Crippen molar-refractivity contribution in [3.05, 3.63) is 0 Å². The minimum absolute atomic E-state index is 0.103. The minimum atomic E-state index is 0.103. The third-order valence-electron chi connectivity index (χ3n) is 2.45. The van der Waals surface area contributed by atoms with Crippen molar-refractivity contribution in [2.75, 3.05) is 19.6 Å². The van der Waals surface area contributed by atoms with Crippen molar-refractivity contribution < 1.29 is 4.79 Å². The van der Waals surface area contributed by atoms with Gasteiger partial charge >= 0.3 is 0 Å². The number of likely N-dealkylation sites (tertiary alicyclic amines) is 1. The van der Waals surface area contributed by atoms with E-state index in [1.807, 2.05) is 18.7 Å². The Morgan fingerprint density at radius 1 is 1.43 bits per heavy atom. The summed E-state index contributed by atoms with van der Waals surface area (Å²) in [6, 6.07) is 0. The van der Waals surface area contributed by atoms with E-state index in [0.29, 0.717) is 5.84 Å². The summed E-state index contributed by atoms with van der Waals surface area (Å²) in [6.45, 7) is 5.92. The molecule has 0 aliphatic carbocycles. The molecular formula is C10H19N3O. The number of hydrogen-bond acceptors (Lipinski definition) is 2. The van der Waals surface area contributed by atoms with Crippen LogP contribution in [0.1, 0.15) is 26.7 Å². The molecular weight excluding hydrogens is 178 g/mol. The molecule has 0 saturated carbocycles. The second kappa shape index (κ2) is 4.98. The molecule has 0 aromatic rings. The maximum absolute atomic E-state index is 11.5. The van der Waals surface area contributed by atoms with Crippen LogP contribution < -0.4 is 5.73 Å². The molecule has 4 heteroatoms. The topological polar surface area (TPSA) is 58.7 Å². The molecule has 1 saturated heterocycles. The van der Waals surface area contributed by atoms with Gasteiger partial charge in [0.05, 0.1) is 5.84 Å². The molecule has 14 heavy (non-hydrogen) atoms. The largest absolute Gasteiger partial charge is 0.387 e. The van der Waals surface area contributed by atoms with Gasteiger partial charge in [0.2, 0.25) is 5.91 Å². The predicted octanol–water partition coefficient (Wildman–Crippen LogP) is 0.622. The van der Waals surface area contributed by atoms with Crippen LogP contribution in [0, 0.1) is 5.92 Å². The first kappa shape index (κ1) is 11.0. The number of amides is 1. The smallest absolute Gasteiger partial charge is 0.244 e. The molecule has 4 nitrogen and oxygen atoms in total. The third kappa shape index (κ3) is 3.01. The molecule has 0 spiro atoms. The SMILES string of the molecule is CC(C)C(N)=NCC(=O)N1CCCC1. The second-order valence-corrected chi connectivity index (χ2v) is 3.98. The summed E-state index contributed by atoms with van der Waals surface area (Å²) >= 11 is 0. The number of nitrogens with two attached hydrogens (primary N) is 1. The molecule has 1 rings (SSSR count). The average Bonchev–Trinajstić information content (AvgIpc) is 2.66. The van der Waals surface area contributed by atoms with Gasteiger partial charge in [-0.25, -0.2) is 0 Å². The molecule has 1 amide bonds. The third-order valence-corrected chi connectivity index (χ3v) is 2.45. The Kier molecular flexibility index (Phi) is 3.92. The minimum Gasteiger partial charge on any atom is -0.387 e. The van der Waals surface area contributed by atoms with Crippen LogP contribution in [-0.4, -0.2) is 36.3 Å². The molecule has 80 valence electrons. The summed E-state index contributed by atoms with van der Waals surface area (Å²) in [6.07, 6.45) is 2.24. The Hall–Kier alpha value is -1.06. The van der Waals surface area contributed by atoms with Crippen LogP contribution >= 0.6 is 0 Å². The monoisotopic (exact) mass is 197 g/mol. The summed E-state index contributed by atoms with van der Waals surface area (Å²) in [5, 5.41) is 0. The quantitative estimate of drug-likeness (QED) is 0.532. The van der Waals surface area contributed by atoms with Gasteiger partial charge in [-0.1, -0.05) is 13.8 Å². The second-order valence-electron chi connectivity index (χ2n) is 3.98. The Morgan fingerprint density at radius 3 is 2.50 bits per heavy atom. The van der Waals surface area contributed by atoms with Crippen LogP contribution in [0.5, 0.6) is 0 Å². The molecule has 0 aromatic heterocycles. The molecule has 0 unspecified atom stereocenters. The number of carbonyl (C=O) groups is 1. The molecule has 0 bridgehead atoms. The van der Waals surface area contributed by atoms with Gasteiger partial charge in [-0.3, -0.25) is 9.79 Å². The summed E-state index contributed by atoms with van der Waals surface area (Å²) < 4.78 is 0. The molecule has 1 aliphatic rings. The van der Waals surface area contributed by atoms with Crippen LogP contribution in [0.4, 0.5) is 0 Å². The number of amidine groups is 1. The Bertz CT molecular complexity index is 230. The van der Waals surface area contributed by atoms with E-state index in [2.05, 4.69) is 4.99 Å². The number of carbonyl (C=O) groups excluding carboxylic acids is 1. The van der Waals surface area contributed by atoms with Crippen LogP contribution in [0.25, 0.3) is 0 Å². The molecule has 2 N–H and O–H groups in total. The fourth-order valence-electron chi connectivity index (χ4n) is 1.41. The van der Waals surface area contributed by atoms with Gasteiger partial charge in [-0.05, 0) is 12.8 Å². The summed E-state index contributed by atoms with van der Waals surface area (Å²) in [5.41, 5.74) is 5.64. The van der Waals surface area contributed by atoms with Crippen LogP contribution in [0.15, 0.2) is 4.99 Å². The number of aliphatic imine (C=N–C) groups is 1. The van der Waals surface area contributed by atoms with E-state index in [0.717, 1.165) is 25.9 Å². The van der Waals surface area contributed by atoms with Crippen LogP contribution in [-0.2, 0) is 4.79 Å². The van der Waals surface area contributed by atoms with E-state index in [1.54, 1.807) is 0 Å². The zero-order chi connectivity index (χ0) is 10.6. The molecule has 0 aromatic carbocycles. The van der Waals surface area contributed by atoms with E-state index < -0.39 is 0 Å². The zero-order valence-electron chi connectivity index (χ0n) is 8.99. The van der Waals surface area contributed by atoms with E-state index in [4.69, 9.17) is 5.73 Å². The Balaban J connectivity index is 2.37. The van der Waals surface area contributed by atoms with Crippen molar-refractivity contribution in [1.29, 1.82) is 0 Å². The molecule has 1 fully saturated rings. The lowest BCUT2D eigenvalue weighted by Gasteiger charge is -2.13. The lowest BCUT2D eigenvalue weighted by molar-refractivity contribution is -0.128. The highest BCUT2D eigenvalue weighted by atomic mass is 16.2. The molecule has 1 heterocycles. The summed E-state index contributed by atoms with van der Waals surface area (Å²) in [4.78, 5) is 17.5. The first-order chi connectivity index (χ1) is 6.61. The zero-order valence-corrected chi connectivity index (χ0v) is 8.99. The summed E-state index contributed by atoms with van der Waals surface area (Å²) in [5.74, 6) is 0.894. The highest BCUT2D eigenvalue weighted by Gasteiger charge is 2.17. The van der Waals surface area contributed by atoms with E-state index in [1.165, 1.54) is 0 Å². The van der Waals surface area contributed by atoms with E-state index >= 15 is 0 Å². The molecule has 0 atom stereocenters. The van der Waals surface area contributed by atoms with Gasteiger partial charge in [0, 0.05) is 19.0 Å². The summed E-state index contributed by atoms with van der Waals surface area (Å²) in [7, 11) is 0. The number of hydrogen-bond donors (Lipinski definition) is 1. The standard InChI is InChI=1S/C10H19N3O/c1-8(2)10(11)12-7-9(14)13-5-3-4-6-13/h8H,3-7H2,1-2H3,(H2,11,12). The van der Waals surface area contributed by atoms with Crippen LogP contribution in [0.3, 0.4) is 0 Å². The van der Waals surface area contributed by atoms with Crippen molar-refractivity contribution in [3.63, 3.8) is 0 Å². The van der Waals surface area contributed by atoms with Gasteiger partial charge < -0.3 is 10.6 Å². The first-order valence-corrected chi connectivity index (χ1v) is 5.19. The maximum atomic E-state index is 11.5. The van der Waals surface area contributed by atoms with Crippen molar-refractivity contribution >= 4 is 11.7 Å². The Morgan fingerprint density at radius 2 is 2.00 bits per heavy atom. The highest BCUT2D eigenvalue weighted by Crippen LogP contribution is 2.07. The van der Waals surface area contributed by atoms with Crippen molar-refractivity contribution in [3.8, 4) is 0 Å². The van der Waals surface area contributed by atoms with Gasteiger partial charge in [0.25, 0.3) is 0 Å². The van der Waals surface area contributed by atoms with Gasteiger partial charge in [0.1, 0.15) is 6.54 Å². The Labute approximate surface area is 85.2 Å². The van der Waals surface area contributed by atoms with Gasteiger partial charge in [-0.2, -0.15) is 0 Å². The van der Waals surface area contributed by atoms with Crippen molar-refractivity contribution in [1.82, 2.24) is 4.90 Å². The van der Waals surface area contributed by atoms with E-state index in [9.17, 15) is 4.79 Å². The lowest BCUT2D eigenvalue weighted by Crippen LogP contribution is -2.31. The fourth-order valence-corrected chi connectivity index (χ4v) is 1.41. The number of rotatable bonds is 3. The van der Waals surface area contributed by atoms with Gasteiger partial charge in [0.15, 0.2) is 0 Å². The van der Waals surface area contributed by atoms with Crippen molar-refractivity contribution in [2.45, 2.75) is 26.7 Å². The lowest BCUT2D eigenvalue weighted by atomic mass is 10.2. The average molecular weight is 197 g/mol. The molecule has 0 radical (unpaired) electrons. The fraction of sp³-hybridized carbons (Fsp3) is 0.800. The highest BCUT2D eigenvalue weighted by molar-refractivity contribution is 5.86. The van der Waals surface area contributed by atoms with Crippen LogP contribution in [0.2, 0.25) is 0 Å². The number of nitrogens with zero attached hydrogens (tertiary/aromatic N) is 2. The van der Waals surface area contributed by atoms with Crippen molar-refractivity contribution in [2.24, 2.45) is 16.6 Å². The normalized spacial score (nSPS) is 17.9. The van der Waals surface area contributed by atoms with E-state index in [-0.39, 0.29) is 18.4 Å². The maximum Gasteiger partial charge on any atom is 0.244 e. The molecule has 1 aliphatic heterocycles. The van der Waals surface area contributed by atoms with Gasteiger partial charge in [-0.15, -0.1) is 0 Å².